The smallest absolute Gasteiger partial charge is 0.323 e. The summed E-state index contributed by atoms with van der Waals surface area (Å²) in [5, 5.41) is 7.44. The van der Waals surface area contributed by atoms with E-state index in [-0.39, 0.29) is 12.1 Å². The monoisotopic (exact) mass is 326 g/mol. The minimum absolute atomic E-state index is 0.0530. The molecule has 0 unspecified atom stereocenters. The first-order chi connectivity index (χ1) is 11.5. The first kappa shape index (κ1) is 16.6. The second-order valence-electron chi connectivity index (χ2n) is 6.75. The predicted octanol–water partition coefficient (Wildman–Crippen LogP) is 3.80. The minimum atomic E-state index is -0.0530. The van der Waals surface area contributed by atoms with Gasteiger partial charge in [-0.15, -0.1) is 0 Å². The highest BCUT2D eigenvalue weighted by Gasteiger charge is 2.18. The number of nitrogens with one attached hydrogen (secondary N) is 1. The molecule has 0 fully saturated rings. The number of amides is 2. The topological polar surface area (TPSA) is 50.2 Å². The average Bonchev–Trinajstić information content (AvgIpc) is 2.88. The Kier molecular flexibility index (Phi) is 4.88. The number of aromatic nitrogens is 2. The lowest BCUT2D eigenvalue weighted by Crippen LogP contribution is -2.38. The van der Waals surface area contributed by atoms with E-state index in [0.717, 1.165) is 38.0 Å². The van der Waals surface area contributed by atoms with E-state index in [1.807, 2.05) is 22.6 Å². The van der Waals surface area contributed by atoms with Crippen LogP contribution in [-0.2, 0) is 12.8 Å². The Bertz CT molecular complexity index is 720. The molecule has 0 atom stereocenters. The summed E-state index contributed by atoms with van der Waals surface area (Å²) in [6.45, 7) is 7.70. The highest BCUT2D eigenvalue weighted by Crippen LogP contribution is 2.18. The molecule has 1 aliphatic rings. The van der Waals surface area contributed by atoms with Crippen LogP contribution in [0.15, 0.2) is 30.3 Å². The quantitative estimate of drug-likeness (QED) is 0.912. The normalized spacial score (nSPS) is 14.9. The minimum Gasteiger partial charge on any atom is -0.324 e. The van der Waals surface area contributed by atoms with Crippen molar-refractivity contribution in [3.8, 4) is 0 Å². The van der Waals surface area contributed by atoms with Crippen LogP contribution in [0.2, 0.25) is 0 Å². The van der Waals surface area contributed by atoms with Crippen molar-refractivity contribution in [2.75, 3.05) is 18.4 Å². The molecule has 2 amide bonds. The van der Waals surface area contributed by atoms with E-state index < -0.39 is 0 Å². The molecule has 128 valence electrons. The second kappa shape index (κ2) is 7.07. The SMILES string of the molecule is Cc1cc(NC(=O)N2CCCc3ccccc3CC2)nn1C(C)C. The van der Waals surface area contributed by atoms with Crippen molar-refractivity contribution in [2.45, 2.75) is 46.1 Å². The van der Waals surface area contributed by atoms with Crippen molar-refractivity contribution in [1.29, 1.82) is 0 Å². The summed E-state index contributed by atoms with van der Waals surface area (Å²) in [7, 11) is 0. The Morgan fingerprint density at radius 3 is 2.54 bits per heavy atom. The number of anilines is 1. The molecule has 5 nitrogen and oxygen atoms in total. The third-order valence-corrected chi connectivity index (χ3v) is 4.58. The third kappa shape index (κ3) is 3.61. The summed E-state index contributed by atoms with van der Waals surface area (Å²) in [5.41, 5.74) is 3.83. The summed E-state index contributed by atoms with van der Waals surface area (Å²) < 4.78 is 1.93. The molecule has 1 aromatic heterocycles. The molecule has 0 radical (unpaired) electrons. The van der Waals surface area contributed by atoms with Crippen LogP contribution in [0.25, 0.3) is 0 Å². The molecule has 5 heteroatoms. The fourth-order valence-corrected chi connectivity index (χ4v) is 3.34. The summed E-state index contributed by atoms with van der Waals surface area (Å²) in [6.07, 6.45) is 2.92. The average molecular weight is 326 g/mol. The van der Waals surface area contributed by atoms with E-state index >= 15 is 0 Å². The van der Waals surface area contributed by atoms with Crippen molar-refractivity contribution < 1.29 is 4.79 Å². The maximum atomic E-state index is 12.6. The maximum absolute atomic E-state index is 12.6. The standard InChI is InChI=1S/C19H26N4O/c1-14(2)23-15(3)13-18(21-23)20-19(24)22-11-6-9-16-7-4-5-8-17(16)10-12-22/h4-5,7-8,13-14H,6,9-12H2,1-3H3,(H,20,21,24). The highest BCUT2D eigenvalue weighted by atomic mass is 16.2. The molecule has 1 aromatic carbocycles. The van der Waals surface area contributed by atoms with Gasteiger partial charge in [-0.1, -0.05) is 24.3 Å². The molecule has 0 saturated carbocycles. The van der Waals surface area contributed by atoms with Crippen LogP contribution in [0, 0.1) is 6.92 Å². The molecule has 2 aromatic rings. The van der Waals surface area contributed by atoms with E-state index in [1.165, 1.54) is 11.1 Å². The number of benzene rings is 1. The number of aryl methyl sites for hydroxylation is 2. The van der Waals surface area contributed by atoms with Gasteiger partial charge in [0.25, 0.3) is 0 Å². The van der Waals surface area contributed by atoms with Gasteiger partial charge in [0.2, 0.25) is 0 Å². The second-order valence-corrected chi connectivity index (χ2v) is 6.75. The van der Waals surface area contributed by atoms with Gasteiger partial charge in [-0.2, -0.15) is 5.10 Å². The maximum Gasteiger partial charge on any atom is 0.323 e. The van der Waals surface area contributed by atoms with Gasteiger partial charge in [0.05, 0.1) is 0 Å². The van der Waals surface area contributed by atoms with E-state index in [4.69, 9.17) is 0 Å². The molecule has 1 N–H and O–H groups in total. The van der Waals surface area contributed by atoms with E-state index in [2.05, 4.69) is 48.5 Å². The van der Waals surface area contributed by atoms with Gasteiger partial charge in [0.15, 0.2) is 5.82 Å². The molecular weight excluding hydrogens is 300 g/mol. The Morgan fingerprint density at radius 2 is 1.88 bits per heavy atom. The highest BCUT2D eigenvalue weighted by molar-refractivity contribution is 5.88. The summed E-state index contributed by atoms with van der Waals surface area (Å²) in [6, 6.07) is 10.7. The van der Waals surface area contributed by atoms with Crippen LogP contribution in [0.1, 0.15) is 43.1 Å². The molecule has 0 spiro atoms. The molecule has 24 heavy (non-hydrogen) atoms. The van der Waals surface area contributed by atoms with Crippen molar-refractivity contribution in [1.82, 2.24) is 14.7 Å². The number of carbonyl (C=O) groups excluding carboxylic acids is 1. The van der Waals surface area contributed by atoms with Gasteiger partial charge in [0.1, 0.15) is 0 Å². The molecule has 0 aliphatic carbocycles. The van der Waals surface area contributed by atoms with Gasteiger partial charge >= 0.3 is 6.03 Å². The lowest BCUT2D eigenvalue weighted by atomic mass is 9.98. The molecule has 2 heterocycles. The molecule has 0 saturated heterocycles. The molecule has 1 aliphatic heterocycles. The van der Waals surface area contributed by atoms with E-state index in [9.17, 15) is 4.79 Å². The number of fused-ring (bicyclic) bond motifs is 1. The predicted molar refractivity (Wildman–Crippen MR) is 96.4 cm³/mol. The van der Waals surface area contributed by atoms with Gasteiger partial charge in [-0.25, -0.2) is 4.79 Å². The number of hydrogen-bond donors (Lipinski definition) is 1. The number of urea groups is 1. The Labute approximate surface area is 143 Å². The van der Waals surface area contributed by atoms with Crippen LogP contribution in [0.3, 0.4) is 0 Å². The fourth-order valence-electron chi connectivity index (χ4n) is 3.34. The number of rotatable bonds is 2. The van der Waals surface area contributed by atoms with E-state index in [1.54, 1.807) is 0 Å². The number of hydrogen-bond acceptors (Lipinski definition) is 2. The lowest BCUT2D eigenvalue weighted by molar-refractivity contribution is 0.210. The third-order valence-electron chi connectivity index (χ3n) is 4.58. The van der Waals surface area contributed by atoms with Crippen LogP contribution in [0.5, 0.6) is 0 Å². The number of nitrogens with zero attached hydrogens (tertiary/aromatic N) is 3. The molecular formula is C19H26N4O. The molecule has 3 rings (SSSR count). The largest absolute Gasteiger partial charge is 0.324 e. The first-order valence-electron chi connectivity index (χ1n) is 8.73. The molecule has 0 bridgehead atoms. The Balaban J connectivity index is 1.66. The van der Waals surface area contributed by atoms with Gasteiger partial charge in [-0.3, -0.25) is 10.00 Å². The summed E-state index contributed by atoms with van der Waals surface area (Å²) in [5.74, 6) is 0.633. The van der Waals surface area contributed by atoms with Crippen molar-refractivity contribution in [3.63, 3.8) is 0 Å². The summed E-state index contributed by atoms with van der Waals surface area (Å²) in [4.78, 5) is 14.5. The van der Waals surface area contributed by atoms with Crippen LogP contribution >= 0.6 is 0 Å². The fraction of sp³-hybridized carbons (Fsp3) is 0.474. The van der Waals surface area contributed by atoms with Gasteiger partial charge < -0.3 is 4.90 Å². The first-order valence-corrected chi connectivity index (χ1v) is 8.73. The van der Waals surface area contributed by atoms with Gasteiger partial charge in [-0.05, 0) is 51.2 Å². The zero-order valence-electron chi connectivity index (χ0n) is 14.7. The van der Waals surface area contributed by atoms with Crippen molar-refractivity contribution >= 4 is 11.8 Å². The van der Waals surface area contributed by atoms with Crippen molar-refractivity contribution in [2.24, 2.45) is 0 Å². The Morgan fingerprint density at radius 1 is 1.17 bits per heavy atom. The van der Waals surface area contributed by atoms with Crippen molar-refractivity contribution in [3.05, 3.63) is 47.2 Å². The van der Waals surface area contributed by atoms with Crippen LogP contribution in [-0.4, -0.2) is 33.8 Å². The zero-order valence-corrected chi connectivity index (χ0v) is 14.7. The Hall–Kier alpha value is -2.30. The summed E-state index contributed by atoms with van der Waals surface area (Å²) >= 11 is 0. The number of carbonyl (C=O) groups is 1. The van der Waals surface area contributed by atoms with Crippen LogP contribution < -0.4 is 5.32 Å². The van der Waals surface area contributed by atoms with E-state index in [0.29, 0.717) is 5.82 Å². The van der Waals surface area contributed by atoms with Gasteiger partial charge in [0, 0.05) is 30.9 Å². The van der Waals surface area contributed by atoms with Crippen LogP contribution in [0.4, 0.5) is 10.6 Å². The zero-order chi connectivity index (χ0) is 17.1. The lowest BCUT2D eigenvalue weighted by Gasteiger charge is -2.25.